The van der Waals surface area contributed by atoms with Gasteiger partial charge >= 0.3 is 0 Å². The lowest BCUT2D eigenvalue weighted by Gasteiger charge is -2.24. The highest BCUT2D eigenvalue weighted by Gasteiger charge is 2.21. The molecule has 110 valence electrons. The molecule has 1 aromatic rings. The Morgan fingerprint density at radius 1 is 1.50 bits per heavy atom. The number of carbonyl (C=O) groups excluding carboxylic acids is 1. The minimum absolute atomic E-state index is 0.174. The quantitative estimate of drug-likeness (QED) is 0.799. The van der Waals surface area contributed by atoms with Crippen LogP contribution in [-0.2, 0) is 16.0 Å². The number of benzene rings is 1. The van der Waals surface area contributed by atoms with Crippen molar-refractivity contribution in [3.05, 3.63) is 29.8 Å². The Bertz CT molecular complexity index is 441. The van der Waals surface area contributed by atoms with Crippen LogP contribution in [0.4, 0.5) is 0 Å². The van der Waals surface area contributed by atoms with Gasteiger partial charge in [-0.3, -0.25) is 4.79 Å². The lowest BCUT2D eigenvalue weighted by Crippen LogP contribution is -2.36. The number of nitrogens with zero attached hydrogens (tertiary/aromatic N) is 1. The Morgan fingerprint density at radius 2 is 2.35 bits per heavy atom. The van der Waals surface area contributed by atoms with Crippen LogP contribution < -0.4 is 4.74 Å². The molecule has 1 aliphatic rings. The number of ether oxygens (including phenoxy) is 2. The average Bonchev–Trinajstić information content (AvgIpc) is 2.97. The van der Waals surface area contributed by atoms with E-state index in [1.165, 1.54) is 0 Å². The predicted octanol–water partition coefficient (Wildman–Crippen LogP) is 2.12. The normalized spacial score (nSPS) is 18.0. The van der Waals surface area contributed by atoms with Crippen molar-refractivity contribution in [2.75, 3.05) is 33.4 Å². The summed E-state index contributed by atoms with van der Waals surface area (Å²) in [7, 11) is 1.64. The van der Waals surface area contributed by atoms with Crippen molar-refractivity contribution >= 4 is 5.91 Å². The summed E-state index contributed by atoms with van der Waals surface area (Å²) in [6.45, 7) is 5.19. The van der Waals surface area contributed by atoms with Gasteiger partial charge in [-0.15, -0.1) is 0 Å². The summed E-state index contributed by atoms with van der Waals surface area (Å²) >= 11 is 0. The number of carbonyl (C=O) groups is 1. The molecule has 20 heavy (non-hydrogen) atoms. The van der Waals surface area contributed by atoms with E-state index in [0.717, 1.165) is 44.0 Å². The van der Waals surface area contributed by atoms with E-state index in [9.17, 15) is 4.79 Å². The van der Waals surface area contributed by atoms with E-state index in [1.807, 2.05) is 36.1 Å². The van der Waals surface area contributed by atoms with Crippen LogP contribution in [0, 0.1) is 5.92 Å². The zero-order valence-corrected chi connectivity index (χ0v) is 12.3. The summed E-state index contributed by atoms with van der Waals surface area (Å²) in [6.07, 6.45) is 1.49. The molecule has 2 rings (SSSR count). The minimum atomic E-state index is 0.174. The Hall–Kier alpha value is -1.55. The molecule has 0 aromatic heterocycles. The van der Waals surface area contributed by atoms with E-state index in [0.29, 0.717) is 12.3 Å². The second-order valence-corrected chi connectivity index (χ2v) is 5.19. The van der Waals surface area contributed by atoms with Crippen LogP contribution in [-0.4, -0.2) is 44.2 Å². The number of amides is 1. The molecule has 1 saturated heterocycles. The smallest absolute Gasteiger partial charge is 0.226 e. The van der Waals surface area contributed by atoms with Crippen molar-refractivity contribution in [2.45, 2.75) is 19.8 Å². The molecule has 1 heterocycles. The van der Waals surface area contributed by atoms with Crippen LogP contribution >= 0.6 is 0 Å². The molecule has 1 unspecified atom stereocenters. The van der Waals surface area contributed by atoms with Crippen LogP contribution in [0.3, 0.4) is 0 Å². The van der Waals surface area contributed by atoms with Crippen molar-refractivity contribution in [1.82, 2.24) is 4.90 Å². The van der Waals surface area contributed by atoms with Gasteiger partial charge in [0.15, 0.2) is 0 Å². The van der Waals surface area contributed by atoms with E-state index in [1.54, 1.807) is 7.11 Å². The van der Waals surface area contributed by atoms with E-state index < -0.39 is 0 Å². The summed E-state index contributed by atoms with van der Waals surface area (Å²) < 4.78 is 10.6. The molecule has 4 heteroatoms. The first-order valence-corrected chi connectivity index (χ1v) is 7.21. The first kappa shape index (κ1) is 14.9. The molecule has 1 aromatic carbocycles. The molecule has 1 amide bonds. The van der Waals surface area contributed by atoms with Gasteiger partial charge in [-0.25, -0.2) is 0 Å². The van der Waals surface area contributed by atoms with Gasteiger partial charge in [0.05, 0.1) is 20.1 Å². The molecular weight excluding hydrogens is 254 g/mol. The van der Waals surface area contributed by atoms with E-state index >= 15 is 0 Å². The molecule has 0 saturated carbocycles. The molecular formula is C16H23NO3. The lowest BCUT2D eigenvalue weighted by molar-refractivity contribution is -0.130. The summed E-state index contributed by atoms with van der Waals surface area (Å²) in [6, 6.07) is 7.70. The second-order valence-electron chi connectivity index (χ2n) is 5.19. The van der Waals surface area contributed by atoms with Gasteiger partial charge < -0.3 is 14.4 Å². The van der Waals surface area contributed by atoms with Crippen molar-refractivity contribution in [3.8, 4) is 5.75 Å². The Kier molecular flexibility index (Phi) is 5.41. The second kappa shape index (κ2) is 7.29. The van der Waals surface area contributed by atoms with Gasteiger partial charge in [0.1, 0.15) is 5.75 Å². The summed E-state index contributed by atoms with van der Waals surface area (Å²) in [5.74, 6) is 1.46. The molecule has 1 aliphatic heterocycles. The Labute approximate surface area is 120 Å². The lowest BCUT2D eigenvalue weighted by atomic mass is 10.1. The highest BCUT2D eigenvalue weighted by atomic mass is 16.5. The predicted molar refractivity (Wildman–Crippen MR) is 77.9 cm³/mol. The largest absolute Gasteiger partial charge is 0.497 e. The van der Waals surface area contributed by atoms with Crippen LogP contribution in [0.2, 0.25) is 0 Å². The number of methoxy groups -OCH3 is 1. The van der Waals surface area contributed by atoms with Crippen molar-refractivity contribution in [1.29, 1.82) is 0 Å². The first-order chi connectivity index (χ1) is 9.72. The molecule has 0 radical (unpaired) electrons. The maximum absolute atomic E-state index is 12.4. The molecule has 0 spiro atoms. The number of hydrogen-bond acceptors (Lipinski definition) is 3. The van der Waals surface area contributed by atoms with Gasteiger partial charge in [-0.05, 0) is 31.0 Å². The maximum Gasteiger partial charge on any atom is 0.226 e. The highest BCUT2D eigenvalue weighted by Crippen LogP contribution is 2.16. The van der Waals surface area contributed by atoms with Gasteiger partial charge in [0.25, 0.3) is 0 Å². The summed E-state index contributed by atoms with van der Waals surface area (Å²) in [5.41, 5.74) is 0.996. The third kappa shape index (κ3) is 3.97. The van der Waals surface area contributed by atoms with Gasteiger partial charge in [-0.2, -0.15) is 0 Å². The minimum Gasteiger partial charge on any atom is -0.497 e. The third-order valence-corrected chi connectivity index (χ3v) is 3.73. The zero-order valence-electron chi connectivity index (χ0n) is 12.3. The topological polar surface area (TPSA) is 38.8 Å². The SMILES string of the molecule is CCN(CC1CCOC1)C(=O)Cc1cccc(OC)c1. The van der Waals surface area contributed by atoms with Crippen molar-refractivity contribution < 1.29 is 14.3 Å². The van der Waals surface area contributed by atoms with E-state index in [2.05, 4.69) is 0 Å². The Morgan fingerprint density at radius 3 is 3.00 bits per heavy atom. The highest BCUT2D eigenvalue weighted by molar-refractivity contribution is 5.78. The van der Waals surface area contributed by atoms with Crippen LogP contribution in [0.5, 0.6) is 5.75 Å². The van der Waals surface area contributed by atoms with E-state index in [-0.39, 0.29) is 5.91 Å². The molecule has 0 bridgehead atoms. The van der Waals surface area contributed by atoms with Crippen molar-refractivity contribution in [2.24, 2.45) is 5.92 Å². The number of likely N-dealkylation sites (N-methyl/N-ethyl adjacent to an activating group) is 1. The van der Waals surface area contributed by atoms with Crippen LogP contribution in [0.15, 0.2) is 24.3 Å². The van der Waals surface area contributed by atoms with Crippen LogP contribution in [0.1, 0.15) is 18.9 Å². The third-order valence-electron chi connectivity index (χ3n) is 3.73. The fourth-order valence-electron chi connectivity index (χ4n) is 2.52. The van der Waals surface area contributed by atoms with E-state index in [4.69, 9.17) is 9.47 Å². The van der Waals surface area contributed by atoms with Crippen molar-refractivity contribution in [3.63, 3.8) is 0 Å². The van der Waals surface area contributed by atoms with Gasteiger partial charge in [0.2, 0.25) is 5.91 Å². The maximum atomic E-state index is 12.4. The molecule has 4 nitrogen and oxygen atoms in total. The monoisotopic (exact) mass is 277 g/mol. The van der Waals surface area contributed by atoms with Crippen LogP contribution in [0.25, 0.3) is 0 Å². The Balaban J connectivity index is 1.93. The first-order valence-electron chi connectivity index (χ1n) is 7.21. The summed E-state index contributed by atoms with van der Waals surface area (Å²) in [5, 5.41) is 0. The standard InChI is InChI=1S/C16H23NO3/c1-3-17(11-14-7-8-20-12-14)16(18)10-13-5-4-6-15(9-13)19-2/h4-6,9,14H,3,7-8,10-12H2,1-2H3. The number of hydrogen-bond donors (Lipinski definition) is 0. The van der Waals surface area contributed by atoms with Gasteiger partial charge in [-0.1, -0.05) is 12.1 Å². The molecule has 1 fully saturated rings. The molecule has 0 N–H and O–H groups in total. The zero-order chi connectivity index (χ0) is 14.4. The fraction of sp³-hybridized carbons (Fsp3) is 0.562. The average molecular weight is 277 g/mol. The fourth-order valence-corrected chi connectivity index (χ4v) is 2.52. The summed E-state index contributed by atoms with van der Waals surface area (Å²) in [4.78, 5) is 14.3. The number of rotatable bonds is 6. The van der Waals surface area contributed by atoms with Gasteiger partial charge in [0, 0.05) is 25.6 Å². The molecule has 1 atom stereocenters. The molecule has 0 aliphatic carbocycles.